The lowest BCUT2D eigenvalue weighted by atomic mass is 9.76. The van der Waals surface area contributed by atoms with Crippen molar-refractivity contribution in [3.05, 3.63) is 30.3 Å². The topological polar surface area (TPSA) is 73.9 Å². The molecule has 0 heterocycles. The van der Waals surface area contributed by atoms with Crippen LogP contribution in [0.2, 0.25) is 0 Å². The fourth-order valence-electron chi connectivity index (χ4n) is 3.01. The Morgan fingerprint density at radius 3 is 2.52 bits per heavy atom. The first-order chi connectivity index (χ1) is 11.9. The van der Waals surface area contributed by atoms with Gasteiger partial charge in [0.15, 0.2) is 0 Å². The number of hydroxylamine groups is 1. The minimum Gasteiger partial charge on any atom is -0.405 e. The van der Waals surface area contributed by atoms with Crippen LogP contribution in [0.1, 0.15) is 46.0 Å². The number of hydrogen-bond donors (Lipinski definition) is 1. The molecule has 1 saturated carbocycles. The van der Waals surface area contributed by atoms with E-state index in [2.05, 4.69) is 5.48 Å². The number of carbonyl (C=O) groups excluding carboxylic acids is 1. The Hall–Kier alpha value is -1.07. The van der Waals surface area contributed by atoms with Gasteiger partial charge in [-0.1, -0.05) is 37.5 Å². The molecular weight excluding hydrogens is 365 g/mol. The van der Waals surface area contributed by atoms with Crippen molar-refractivity contribution in [2.45, 2.75) is 51.5 Å². The first-order valence-electron chi connectivity index (χ1n) is 8.54. The van der Waals surface area contributed by atoms with Gasteiger partial charge in [0.1, 0.15) is 11.3 Å². The molecule has 0 bridgehead atoms. The second kappa shape index (κ2) is 9.04. The number of para-hydroxylation sites is 1. The van der Waals surface area contributed by atoms with Crippen LogP contribution in [-0.4, -0.2) is 18.1 Å². The summed E-state index contributed by atoms with van der Waals surface area (Å²) < 4.78 is 22.7. The van der Waals surface area contributed by atoms with Crippen LogP contribution in [0, 0.1) is 5.92 Å². The predicted octanol–water partition coefficient (Wildman–Crippen LogP) is 4.84. The normalized spacial score (nSPS) is 20.3. The highest BCUT2D eigenvalue weighted by molar-refractivity contribution is 7.82. The van der Waals surface area contributed by atoms with Gasteiger partial charge in [-0.2, -0.15) is 5.48 Å². The Kier molecular flexibility index (Phi) is 7.32. The maximum Gasteiger partial charge on any atom is 0.532 e. The molecule has 2 atom stereocenters. The third kappa shape index (κ3) is 5.71. The summed E-state index contributed by atoms with van der Waals surface area (Å²) in [5, 5.41) is 0. The minimum atomic E-state index is -4.12. The number of benzene rings is 1. The molecule has 0 spiro atoms. The summed E-state index contributed by atoms with van der Waals surface area (Å²) in [7, 11) is 0. The smallest absolute Gasteiger partial charge is 0.405 e. The van der Waals surface area contributed by atoms with E-state index in [1.807, 2.05) is 6.92 Å². The van der Waals surface area contributed by atoms with Gasteiger partial charge in [0.05, 0.1) is 6.61 Å². The Labute approximate surface area is 153 Å². The van der Waals surface area contributed by atoms with Gasteiger partial charge in [0.25, 0.3) is 0 Å². The molecule has 25 heavy (non-hydrogen) atoms. The van der Waals surface area contributed by atoms with E-state index < -0.39 is 18.5 Å². The van der Waals surface area contributed by atoms with E-state index in [4.69, 9.17) is 25.1 Å². The first kappa shape index (κ1) is 20.2. The SMILES string of the molecule is CCON[C@@](C)(C(=O)OP(=O)(Cl)Oc1ccccc1)C1CCCCC1. The van der Waals surface area contributed by atoms with Crippen LogP contribution in [0.3, 0.4) is 0 Å². The summed E-state index contributed by atoms with van der Waals surface area (Å²) in [4.78, 5) is 18.1. The number of rotatable bonds is 8. The highest BCUT2D eigenvalue weighted by Crippen LogP contribution is 2.54. The molecule has 1 aliphatic rings. The first-order valence-corrected chi connectivity index (χ1v) is 11.0. The molecule has 1 aromatic rings. The lowest BCUT2D eigenvalue weighted by molar-refractivity contribution is -0.154. The molecule has 0 saturated heterocycles. The summed E-state index contributed by atoms with van der Waals surface area (Å²) in [6, 6.07) is 8.36. The second-order valence-corrected chi connectivity index (χ2v) is 8.75. The molecule has 0 radical (unpaired) electrons. The van der Waals surface area contributed by atoms with E-state index in [0.29, 0.717) is 6.61 Å². The zero-order chi connectivity index (χ0) is 18.3. The van der Waals surface area contributed by atoms with Gasteiger partial charge in [-0.25, -0.2) is 9.36 Å². The number of hydrogen-bond acceptors (Lipinski definition) is 6. The van der Waals surface area contributed by atoms with Gasteiger partial charge < -0.3 is 13.9 Å². The quantitative estimate of drug-likeness (QED) is 0.506. The van der Waals surface area contributed by atoms with Crippen molar-refractivity contribution in [2.24, 2.45) is 5.92 Å². The summed E-state index contributed by atoms with van der Waals surface area (Å²) in [6.07, 6.45) is 4.91. The van der Waals surface area contributed by atoms with E-state index in [0.717, 1.165) is 32.1 Å². The maximum atomic E-state index is 12.8. The summed E-state index contributed by atoms with van der Waals surface area (Å²) in [6.45, 7) is -0.235. The molecule has 1 fully saturated rings. The largest absolute Gasteiger partial charge is 0.532 e. The average molecular weight is 390 g/mol. The molecule has 6 nitrogen and oxygen atoms in total. The van der Waals surface area contributed by atoms with Gasteiger partial charge in [0, 0.05) is 11.2 Å². The van der Waals surface area contributed by atoms with Crippen LogP contribution >= 0.6 is 18.2 Å². The lowest BCUT2D eigenvalue weighted by Crippen LogP contribution is -2.56. The summed E-state index contributed by atoms with van der Waals surface area (Å²) in [5.74, 6) is -0.457. The van der Waals surface area contributed by atoms with Crippen LogP contribution in [-0.2, 0) is 18.7 Å². The van der Waals surface area contributed by atoms with Crippen LogP contribution in [0.25, 0.3) is 0 Å². The molecule has 2 rings (SSSR count). The van der Waals surface area contributed by atoms with E-state index in [9.17, 15) is 9.36 Å². The van der Waals surface area contributed by atoms with E-state index in [1.165, 1.54) is 0 Å². The van der Waals surface area contributed by atoms with Gasteiger partial charge in [-0.15, -0.1) is 0 Å². The Bertz CT molecular complexity index is 608. The van der Waals surface area contributed by atoms with Gasteiger partial charge >= 0.3 is 12.9 Å². The van der Waals surface area contributed by atoms with Crippen LogP contribution in [0.4, 0.5) is 0 Å². The molecule has 140 valence electrons. The summed E-state index contributed by atoms with van der Waals surface area (Å²) >= 11 is 5.87. The van der Waals surface area contributed by atoms with E-state index in [-0.39, 0.29) is 11.7 Å². The Balaban J connectivity index is 2.10. The molecule has 0 amide bonds. The molecule has 0 aliphatic heterocycles. The predicted molar refractivity (Wildman–Crippen MR) is 96.4 cm³/mol. The summed E-state index contributed by atoms with van der Waals surface area (Å²) in [5.41, 5.74) is 1.65. The number of carbonyl (C=O) groups is 1. The maximum absolute atomic E-state index is 12.8. The zero-order valence-electron chi connectivity index (χ0n) is 14.6. The van der Waals surface area contributed by atoms with Crippen molar-refractivity contribution in [1.29, 1.82) is 0 Å². The highest BCUT2D eigenvalue weighted by atomic mass is 35.7. The van der Waals surface area contributed by atoms with Crippen LogP contribution in [0.15, 0.2) is 30.3 Å². The molecule has 1 unspecified atom stereocenters. The Morgan fingerprint density at radius 2 is 1.92 bits per heavy atom. The van der Waals surface area contributed by atoms with Crippen molar-refractivity contribution in [3.8, 4) is 5.75 Å². The number of halogens is 1. The van der Waals surface area contributed by atoms with Crippen molar-refractivity contribution in [3.63, 3.8) is 0 Å². The molecule has 1 aromatic carbocycles. The third-order valence-corrected chi connectivity index (χ3v) is 5.65. The third-order valence-electron chi connectivity index (χ3n) is 4.42. The molecule has 0 aromatic heterocycles. The molecular formula is C17H25ClNO5P. The van der Waals surface area contributed by atoms with Crippen molar-refractivity contribution < 1.29 is 23.2 Å². The van der Waals surface area contributed by atoms with E-state index >= 15 is 0 Å². The lowest BCUT2D eigenvalue weighted by Gasteiger charge is -2.37. The fraction of sp³-hybridized carbons (Fsp3) is 0.588. The molecule has 8 heteroatoms. The van der Waals surface area contributed by atoms with Gasteiger partial charge in [0.2, 0.25) is 0 Å². The monoisotopic (exact) mass is 389 g/mol. The number of nitrogens with one attached hydrogen (secondary N) is 1. The molecule has 1 N–H and O–H groups in total. The van der Waals surface area contributed by atoms with E-state index in [1.54, 1.807) is 37.3 Å². The fourth-order valence-corrected chi connectivity index (χ4v) is 4.24. The van der Waals surface area contributed by atoms with Gasteiger partial charge in [-0.3, -0.25) is 0 Å². The van der Waals surface area contributed by atoms with Crippen molar-refractivity contribution >= 4 is 24.2 Å². The average Bonchev–Trinajstić information content (AvgIpc) is 2.60. The van der Waals surface area contributed by atoms with Gasteiger partial charge in [-0.05, 0) is 44.7 Å². The highest BCUT2D eigenvalue weighted by Gasteiger charge is 2.46. The Morgan fingerprint density at radius 1 is 1.28 bits per heavy atom. The van der Waals surface area contributed by atoms with Crippen molar-refractivity contribution in [1.82, 2.24) is 5.48 Å². The minimum absolute atomic E-state index is 0.00805. The molecule has 1 aliphatic carbocycles. The zero-order valence-corrected chi connectivity index (χ0v) is 16.2. The second-order valence-electron chi connectivity index (χ2n) is 6.29. The standard InChI is InChI=1S/C17H25ClNO5P/c1-3-22-19-17(2,14-10-6-4-7-11-14)16(20)24-25(18,21)23-15-12-8-5-9-13-15/h5,8-9,12-14,19H,3-4,6-7,10-11H2,1-2H3/t17-,25?/m1/s1. The van der Waals surface area contributed by atoms with Crippen molar-refractivity contribution in [2.75, 3.05) is 6.61 Å². The van der Waals surface area contributed by atoms with Crippen LogP contribution in [0.5, 0.6) is 5.75 Å². The van der Waals surface area contributed by atoms with Crippen LogP contribution < -0.4 is 10.0 Å².